The fourth-order valence-electron chi connectivity index (χ4n) is 3.90. The van der Waals surface area contributed by atoms with E-state index in [0.717, 1.165) is 48.8 Å². The number of carbonyl (C=O) groups is 1. The topological polar surface area (TPSA) is 52.3 Å². The molecule has 3 nitrogen and oxygen atoms in total. The summed E-state index contributed by atoms with van der Waals surface area (Å²) < 4.78 is 20.3. The van der Waals surface area contributed by atoms with E-state index in [1.807, 2.05) is 32.0 Å². The molecule has 1 aliphatic rings. The van der Waals surface area contributed by atoms with Gasteiger partial charge in [-0.3, -0.25) is 0 Å². The zero-order valence-corrected chi connectivity index (χ0v) is 16.3. The molecule has 0 bridgehead atoms. The van der Waals surface area contributed by atoms with E-state index < -0.39 is 12.2 Å². The van der Waals surface area contributed by atoms with Crippen LogP contribution in [0, 0.1) is 11.2 Å². The molecule has 3 rings (SSSR count). The number of benzene rings is 2. The lowest BCUT2D eigenvalue weighted by Gasteiger charge is -2.39. The average Bonchev–Trinajstić information content (AvgIpc) is 2.62. The first kappa shape index (κ1) is 19.4. The molecule has 2 N–H and O–H groups in total. The van der Waals surface area contributed by atoms with Crippen LogP contribution in [0.4, 0.5) is 9.18 Å². The Balaban J connectivity index is 1.95. The number of unbranched alkanes of at least 4 members (excludes halogenated alkanes) is 1. The number of halogens is 1. The summed E-state index contributed by atoms with van der Waals surface area (Å²) >= 11 is 0. The van der Waals surface area contributed by atoms with Gasteiger partial charge in [0.05, 0.1) is 0 Å². The summed E-state index contributed by atoms with van der Waals surface area (Å²) in [6.07, 6.45) is 3.68. The molecular weight excluding hydrogens is 341 g/mol. The highest BCUT2D eigenvalue weighted by molar-refractivity contribution is 5.68. The Kier molecular flexibility index (Phi) is 5.54. The molecule has 27 heavy (non-hydrogen) atoms. The van der Waals surface area contributed by atoms with Crippen molar-refractivity contribution in [3.8, 4) is 11.1 Å². The van der Waals surface area contributed by atoms with E-state index >= 15 is 0 Å². The van der Waals surface area contributed by atoms with Crippen LogP contribution in [0.2, 0.25) is 0 Å². The lowest BCUT2D eigenvalue weighted by atomic mass is 9.71. The normalized spacial score (nSPS) is 18.0. The van der Waals surface area contributed by atoms with Crippen LogP contribution >= 0.6 is 0 Å². The van der Waals surface area contributed by atoms with Gasteiger partial charge in [0.15, 0.2) is 0 Å². The molecule has 0 aromatic heterocycles. The van der Waals surface area contributed by atoms with Crippen molar-refractivity contribution in [3.63, 3.8) is 0 Å². The van der Waals surface area contributed by atoms with E-state index in [-0.39, 0.29) is 11.2 Å². The number of amides is 1. The number of fused-ring (bicyclic) bond motifs is 1. The van der Waals surface area contributed by atoms with E-state index in [9.17, 15) is 9.18 Å². The second-order valence-electron chi connectivity index (χ2n) is 8.14. The van der Waals surface area contributed by atoms with Crippen LogP contribution in [0.15, 0.2) is 36.4 Å². The maximum Gasteiger partial charge on any atom is 0.405 e. The van der Waals surface area contributed by atoms with Gasteiger partial charge >= 0.3 is 6.09 Å². The molecule has 0 saturated carbocycles. The van der Waals surface area contributed by atoms with Crippen LogP contribution in [0.1, 0.15) is 62.8 Å². The number of nitrogens with two attached hydrogens (primary N) is 1. The molecule has 0 heterocycles. The quantitative estimate of drug-likeness (QED) is 0.708. The van der Waals surface area contributed by atoms with E-state index in [4.69, 9.17) is 10.5 Å². The summed E-state index contributed by atoms with van der Waals surface area (Å²) in [5.41, 5.74) is 9.45. The second-order valence-corrected chi connectivity index (χ2v) is 8.14. The van der Waals surface area contributed by atoms with Gasteiger partial charge in [0, 0.05) is 11.0 Å². The maximum absolute atomic E-state index is 15.0. The van der Waals surface area contributed by atoms with Crippen molar-refractivity contribution in [1.82, 2.24) is 0 Å². The van der Waals surface area contributed by atoms with Crippen molar-refractivity contribution in [2.45, 2.75) is 59.0 Å². The lowest BCUT2D eigenvalue weighted by Crippen LogP contribution is -2.33. The summed E-state index contributed by atoms with van der Waals surface area (Å²) in [6, 6.07) is 11.5. The van der Waals surface area contributed by atoms with Crippen molar-refractivity contribution in [2.24, 2.45) is 11.1 Å². The molecule has 0 unspecified atom stereocenters. The molecule has 1 amide bonds. The van der Waals surface area contributed by atoms with E-state index in [1.165, 1.54) is 11.6 Å². The number of aryl methyl sites for hydroxylation is 2. The number of carbonyl (C=O) groups excluding carboxylic acids is 1. The van der Waals surface area contributed by atoms with Crippen LogP contribution in [-0.2, 0) is 17.6 Å². The lowest BCUT2D eigenvalue weighted by molar-refractivity contribution is 0.0145. The number of rotatable bonds is 5. The average molecular weight is 369 g/mol. The van der Waals surface area contributed by atoms with Gasteiger partial charge in [0.2, 0.25) is 0 Å². The number of hydrogen-bond acceptors (Lipinski definition) is 2. The van der Waals surface area contributed by atoms with Crippen LogP contribution < -0.4 is 5.73 Å². The Bertz CT molecular complexity index is 827. The molecule has 0 aliphatic heterocycles. The number of ether oxygens (including phenoxy) is 1. The van der Waals surface area contributed by atoms with Crippen LogP contribution in [-0.4, -0.2) is 6.09 Å². The second kappa shape index (κ2) is 7.71. The molecule has 2 aromatic carbocycles. The fourth-order valence-corrected chi connectivity index (χ4v) is 3.90. The Labute approximate surface area is 160 Å². The largest absolute Gasteiger partial charge is 0.441 e. The highest BCUT2D eigenvalue weighted by Crippen LogP contribution is 2.47. The van der Waals surface area contributed by atoms with Gasteiger partial charge in [-0.15, -0.1) is 0 Å². The number of primary amides is 1. The molecule has 2 aromatic rings. The first-order valence-electron chi connectivity index (χ1n) is 9.69. The fraction of sp³-hybridized carbons (Fsp3) is 0.435. The first-order valence-corrected chi connectivity index (χ1v) is 9.69. The van der Waals surface area contributed by atoms with Gasteiger partial charge in [-0.1, -0.05) is 51.5 Å². The SMILES string of the molecule is CCCCc1ccc(-c2cc3c(cc2F)[C@H](OC(N)=O)C(C)(C)CC3)cc1. The first-order chi connectivity index (χ1) is 12.8. The molecule has 1 atom stereocenters. The van der Waals surface area contributed by atoms with E-state index in [2.05, 4.69) is 19.1 Å². The zero-order chi connectivity index (χ0) is 19.6. The van der Waals surface area contributed by atoms with Crippen molar-refractivity contribution in [1.29, 1.82) is 0 Å². The molecule has 0 radical (unpaired) electrons. The molecular formula is C23H28FNO2. The molecule has 144 valence electrons. The van der Waals surface area contributed by atoms with Crippen LogP contribution in [0.3, 0.4) is 0 Å². The molecule has 1 aliphatic carbocycles. The summed E-state index contributed by atoms with van der Waals surface area (Å²) in [5, 5.41) is 0. The molecule has 4 heteroatoms. The van der Waals surface area contributed by atoms with Crippen molar-refractivity contribution >= 4 is 6.09 Å². The monoisotopic (exact) mass is 369 g/mol. The summed E-state index contributed by atoms with van der Waals surface area (Å²) in [4.78, 5) is 11.4. The minimum atomic E-state index is -0.826. The Morgan fingerprint density at radius 3 is 2.59 bits per heavy atom. The summed E-state index contributed by atoms with van der Waals surface area (Å²) in [5.74, 6) is -0.300. The molecule has 0 fully saturated rings. The Morgan fingerprint density at radius 1 is 1.26 bits per heavy atom. The standard InChI is InChI=1S/C23H28FNO2/c1-4-5-6-15-7-9-16(10-8-15)18-13-17-11-12-23(2,3)21(27-22(25)26)19(17)14-20(18)24/h7-10,13-14,21H,4-6,11-12H2,1-3H3,(H2,25,26)/t21-/m0/s1. The van der Waals surface area contributed by atoms with Crippen LogP contribution in [0.25, 0.3) is 11.1 Å². The summed E-state index contributed by atoms with van der Waals surface area (Å²) in [7, 11) is 0. The third kappa shape index (κ3) is 4.15. The third-order valence-corrected chi connectivity index (χ3v) is 5.58. The third-order valence-electron chi connectivity index (χ3n) is 5.58. The minimum Gasteiger partial charge on any atom is -0.441 e. The zero-order valence-electron chi connectivity index (χ0n) is 16.3. The van der Waals surface area contributed by atoms with Gasteiger partial charge in [0.25, 0.3) is 0 Å². The van der Waals surface area contributed by atoms with E-state index in [1.54, 1.807) is 0 Å². The Hall–Kier alpha value is -2.36. The number of hydrogen-bond donors (Lipinski definition) is 1. The smallest absolute Gasteiger partial charge is 0.405 e. The van der Waals surface area contributed by atoms with Gasteiger partial charge in [-0.05, 0) is 60.1 Å². The highest BCUT2D eigenvalue weighted by atomic mass is 19.1. The summed E-state index contributed by atoms with van der Waals surface area (Å²) in [6.45, 7) is 6.21. The maximum atomic E-state index is 15.0. The minimum absolute atomic E-state index is 0.281. The van der Waals surface area contributed by atoms with Crippen molar-refractivity contribution in [2.75, 3.05) is 0 Å². The van der Waals surface area contributed by atoms with Crippen molar-refractivity contribution < 1.29 is 13.9 Å². The van der Waals surface area contributed by atoms with Gasteiger partial charge in [0.1, 0.15) is 11.9 Å². The van der Waals surface area contributed by atoms with Crippen LogP contribution in [0.5, 0.6) is 0 Å². The van der Waals surface area contributed by atoms with Gasteiger partial charge in [-0.25, -0.2) is 9.18 Å². The Morgan fingerprint density at radius 2 is 1.96 bits per heavy atom. The van der Waals surface area contributed by atoms with Gasteiger partial charge in [-0.2, -0.15) is 0 Å². The molecule has 0 spiro atoms. The predicted molar refractivity (Wildman–Crippen MR) is 106 cm³/mol. The highest BCUT2D eigenvalue weighted by Gasteiger charge is 2.39. The molecule has 0 saturated heterocycles. The van der Waals surface area contributed by atoms with E-state index in [0.29, 0.717) is 5.56 Å². The van der Waals surface area contributed by atoms with Gasteiger partial charge < -0.3 is 10.5 Å². The predicted octanol–water partition coefficient (Wildman–Crippen LogP) is 5.94. The van der Waals surface area contributed by atoms with Crippen molar-refractivity contribution in [3.05, 3.63) is 58.9 Å².